The second kappa shape index (κ2) is 5.24. The highest BCUT2D eigenvalue weighted by atomic mass is 32.2. The van der Waals surface area contributed by atoms with Crippen molar-refractivity contribution in [2.45, 2.75) is 17.7 Å². The molecule has 2 aromatic rings. The quantitative estimate of drug-likeness (QED) is 0.923. The number of nitrogens with zero attached hydrogens (tertiary/aromatic N) is 1. The smallest absolute Gasteiger partial charge is 0.264 e. The van der Waals surface area contributed by atoms with Crippen LogP contribution < -0.4 is 14.4 Å². The molecule has 0 bridgehead atoms. The third-order valence-electron chi connectivity index (χ3n) is 4.43. The molecule has 0 radical (unpaired) electrons. The van der Waals surface area contributed by atoms with Gasteiger partial charge < -0.3 is 10.1 Å². The fourth-order valence-corrected chi connectivity index (χ4v) is 4.77. The molecule has 0 spiro atoms. The van der Waals surface area contributed by atoms with Crippen LogP contribution in [0.15, 0.2) is 41.3 Å². The van der Waals surface area contributed by atoms with Gasteiger partial charge in [0.15, 0.2) is 0 Å². The summed E-state index contributed by atoms with van der Waals surface area (Å²) in [7, 11) is -2.07. The Morgan fingerprint density at radius 3 is 2.75 bits per heavy atom. The van der Waals surface area contributed by atoms with Gasteiger partial charge in [-0.15, -0.1) is 0 Å². The number of sulfonamides is 1. The van der Waals surface area contributed by atoms with Gasteiger partial charge in [-0.3, -0.25) is 9.10 Å². The molecular weight excluding hydrogens is 328 g/mol. The van der Waals surface area contributed by atoms with Gasteiger partial charge in [-0.1, -0.05) is 0 Å². The average Bonchev–Trinajstić information content (AvgIpc) is 3.15. The molecule has 1 amide bonds. The maximum atomic E-state index is 13.0. The summed E-state index contributed by atoms with van der Waals surface area (Å²) in [5.74, 6) is 0.605. The summed E-state index contributed by atoms with van der Waals surface area (Å²) in [6.07, 6.45) is 0.864. The third-order valence-corrected chi connectivity index (χ3v) is 6.24. The minimum atomic E-state index is -3.66. The summed E-state index contributed by atoms with van der Waals surface area (Å²) < 4.78 is 32.7. The van der Waals surface area contributed by atoms with Gasteiger partial charge in [-0.25, -0.2) is 8.42 Å². The number of nitrogens with one attached hydrogen (secondary N) is 1. The predicted octanol–water partition coefficient (Wildman–Crippen LogP) is 1.94. The summed E-state index contributed by atoms with van der Waals surface area (Å²) in [4.78, 5) is 11.7. The van der Waals surface area contributed by atoms with Crippen LogP contribution in [0.25, 0.3) is 0 Å². The summed E-state index contributed by atoms with van der Waals surface area (Å²) in [6.45, 7) is 0.402. The zero-order valence-electron chi connectivity index (χ0n) is 13.1. The topological polar surface area (TPSA) is 75.7 Å². The first-order valence-electron chi connectivity index (χ1n) is 7.61. The molecule has 2 heterocycles. The highest BCUT2D eigenvalue weighted by Crippen LogP contribution is 2.36. The van der Waals surface area contributed by atoms with E-state index in [0.717, 1.165) is 16.9 Å². The summed E-state index contributed by atoms with van der Waals surface area (Å²) >= 11 is 0. The first-order valence-corrected chi connectivity index (χ1v) is 9.05. The SMILES string of the molecule is COc1ccc2c(c1)CCN2S(=O)(=O)c1ccc2c(c1)CC(=O)N2. The van der Waals surface area contributed by atoms with Crippen molar-refractivity contribution in [1.29, 1.82) is 0 Å². The van der Waals surface area contributed by atoms with E-state index in [4.69, 9.17) is 4.74 Å². The number of carbonyl (C=O) groups excluding carboxylic acids is 1. The van der Waals surface area contributed by atoms with E-state index in [1.807, 2.05) is 6.07 Å². The first-order chi connectivity index (χ1) is 11.5. The van der Waals surface area contributed by atoms with Crippen LogP contribution in [0.4, 0.5) is 11.4 Å². The van der Waals surface area contributed by atoms with E-state index in [0.29, 0.717) is 24.3 Å². The molecule has 0 unspecified atom stereocenters. The number of methoxy groups -OCH3 is 1. The largest absolute Gasteiger partial charge is 0.497 e. The molecule has 0 aromatic heterocycles. The van der Waals surface area contributed by atoms with Crippen molar-refractivity contribution in [2.75, 3.05) is 23.3 Å². The Labute approximate surface area is 140 Å². The molecule has 4 rings (SSSR count). The predicted molar refractivity (Wildman–Crippen MR) is 90.0 cm³/mol. The lowest BCUT2D eigenvalue weighted by molar-refractivity contribution is -0.115. The minimum Gasteiger partial charge on any atom is -0.497 e. The fraction of sp³-hybridized carbons (Fsp3) is 0.235. The van der Waals surface area contributed by atoms with E-state index in [2.05, 4.69) is 5.32 Å². The van der Waals surface area contributed by atoms with Crippen molar-refractivity contribution in [3.8, 4) is 5.75 Å². The van der Waals surface area contributed by atoms with Gasteiger partial charge in [0.05, 0.1) is 24.1 Å². The number of rotatable bonds is 3. The van der Waals surface area contributed by atoms with Gasteiger partial charge in [0.25, 0.3) is 10.0 Å². The lowest BCUT2D eigenvalue weighted by Gasteiger charge is -2.20. The molecule has 0 aliphatic carbocycles. The maximum Gasteiger partial charge on any atom is 0.264 e. The van der Waals surface area contributed by atoms with Gasteiger partial charge >= 0.3 is 0 Å². The van der Waals surface area contributed by atoms with Crippen molar-refractivity contribution >= 4 is 27.3 Å². The van der Waals surface area contributed by atoms with E-state index in [1.54, 1.807) is 37.4 Å². The zero-order chi connectivity index (χ0) is 16.9. The molecule has 2 aliphatic heterocycles. The van der Waals surface area contributed by atoms with Gasteiger partial charge in [-0.05, 0) is 53.9 Å². The molecule has 7 heteroatoms. The Kier molecular flexibility index (Phi) is 3.28. The number of hydrogen-bond donors (Lipinski definition) is 1. The van der Waals surface area contributed by atoms with Gasteiger partial charge in [-0.2, -0.15) is 0 Å². The van der Waals surface area contributed by atoms with Crippen LogP contribution in [0.3, 0.4) is 0 Å². The molecule has 0 fully saturated rings. The highest BCUT2D eigenvalue weighted by Gasteiger charge is 2.32. The minimum absolute atomic E-state index is 0.113. The number of ether oxygens (including phenoxy) is 1. The van der Waals surface area contributed by atoms with Crippen LogP contribution in [0, 0.1) is 0 Å². The summed E-state index contributed by atoms with van der Waals surface area (Å²) in [5, 5.41) is 2.71. The Hall–Kier alpha value is -2.54. The monoisotopic (exact) mass is 344 g/mol. The van der Waals surface area contributed by atoms with Crippen LogP contribution in [-0.4, -0.2) is 28.0 Å². The molecule has 2 aliphatic rings. The van der Waals surface area contributed by atoms with E-state index in [9.17, 15) is 13.2 Å². The average molecular weight is 344 g/mol. The third kappa shape index (κ3) is 2.24. The van der Waals surface area contributed by atoms with E-state index in [1.165, 1.54) is 4.31 Å². The molecule has 2 aromatic carbocycles. The Morgan fingerprint density at radius 1 is 1.12 bits per heavy atom. The van der Waals surface area contributed by atoms with Gasteiger partial charge in [0.2, 0.25) is 5.91 Å². The molecule has 1 N–H and O–H groups in total. The van der Waals surface area contributed by atoms with Crippen molar-refractivity contribution in [3.05, 3.63) is 47.5 Å². The molecule has 6 nitrogen and oxygen atoms in total. The second-order valence-corrected chi connectivity index (χ2v) is 7.73. The number of carbonyl (C=O) groups is 1. The normalized spacial score (nSPS) is 15.9. The van der Waals surface area contributed by atoms with Crippen LogP contribution in [0.5, 0.6) is 5.75 Å². The lowest BCUT2D eigenvalue weighted by atomic mass is 10.1. The number of fused-ring (bicyclic) bond motifs is 2. The lowest BCUT2D eigenvalue weighted by Crippen LogP contribution is -2.29. The Bertz CT molecular complexity index is 953. The van der Waals surface area contributed by atoms with E-state index >= 15 is 0 Å². The van der Waals surface area contributed by atoms with Crippen LogP contribution in [-0.2, 0) is 27.7 Å². The fourth-order valence-electron chi connectivity index (χ4n) is 3.22. The van der Waals surface area contributed by atoms with Crippen molar-refractivity contribution in [1.82, 2.24) is 0 Å². The van der Waals surface area contributed by atoms with Crippen molar-refractivity contribution in [2.24, 2.45) is 0 Å². The number of hydrogen-bond acceptors (Lipinski definition) is 4. The molecule has 0 atom stereocenters. The van der Waals surface area contributed by atoms with Crippen molar-refractivity contribution in [3.63, 3.8) is 0 Å². The molecule has 24 heavy (non-hydrogen) atoms. The second-order valence-electron chi connectivity index (χ2n) is 5.87. The molecular formula is C17H16N2O4S. The number of benzene rings is 2. The van der Waals surface area contributed by atoms with E-state index in [-0.39, 0.29) is 17.2 Å². The number of amides is 1. The summed E-state index contributed by atoms with van der Waals surface area (Å²) in [5.41, 5.74) is 3.04. The Balaban J connectivity index is 1.73. The number of anilines is 2. The standard InChI is InChI=1S/C17H16N2O4S/c1-23-13-2-5-16-11(8-13)6-7-19(16)24(21,22)14-3-4-15-12(9-14)10-17(20)18-15/h2-5,8-9H,6-7,10H2,1H3,(H,18,20). The molecule has 0 saturated carbocycles. The first kappa shape index (κ1) is 15.0. The molecule has 124 valence electrons. The summed E-state index contributed by atoms with van der Waals surface area (Å²) in [6, 6.07) is 10.2. The van der Waals surface area contributed by atoms with Gasteiger partial charge in [0.1, 0.15) is 5.75 Å². The Morgan fingerprint density at radius 2 is 1.96 bits per heavy atom. The van der Waals surface area contributed by atoms with Crippen LogP contribution in [0.1, 0.15) is 11.1 Å². The zero-order valence-corrected chi connectivity index (χ0v) is 13.9. The molecule has 0 saturated heterocycles. The van der Waals surface area contributed by atoms with Crippen LogP contribution >= 0.6 is 0 Å². The van der Waals surface area contributed by atoms with Gasteiger partial charge in [0, 0.05) is 12.2 Å². The highest BCUT2D eigenvalue weighted by molar-refractivity contribution is 7.92. The van der Waals surface area contributed by atoms with Crippen molar-refractivity contribution < 1.29 is 17.9 Å². The van der Waals surface area contributed by atoms with Crippen LogP contribution in [0.2, 0.25) is 0 Å². The maximum absolute atomic E-state index is 13.0. The van der Waals surface area contributed by atoms with E-state index < -0.39 is 10.0 Å².